The van der Waals surface area contributed by atoms with Crippen LogP contribution in [-0.4, -0.2) is 37.1 Å². The molecule has 2 rings (SSSR count). The average molecular weight is 304 g/mol. The molecule has 1 unspecified atom stereocenters. The Bertz CT molecular complexity index is 669. The van der Waals surface area contributed by atoms with Crippen LogP contribution in [0.1, 0.15) is 6.92 Å². The lowest BCUT2D eigenvalue weighted by atomic mass is 10.2. The number of rotatable bonds is 2. The Morgan fingerprint density at radius 2 is 1.75 bits per heavy atom. The summed E-state index contributed by atoms with van der Waals surface area (Å²) < 4.78 is 51.3. The van der Waals surface area contributed by atoms with E-state index >= 15 is 0 Å². The van der Waals surface area contributed by atoms with E-state index in [0.29, 0.717) is 22.5 Å². The van der Waals surface area contributed by atoms with Gasteiger partial charge in [0.1, 0.15) is 17.7 Å². The van der Waals surface area contributed by atoms with E-state index in [-0.39, 0.29) is 0 Å². The molecule has 1 atom stereocenters. The molecule has 1 N–H and O–H groups in total. The van der Waals surface area contributed by atoms with Crippen molar-refractivity contribution in [3.05, 3.63) is 29.8 Å². The third-order valence-electron chi connectivity index (χ3n) is 2.82. The summed E-state index contributed by atoms with van der Waals surface area (Å²) in [6, 6.07) is 0.629. The maximum atomic E-state index is 13.1. The third-order valence-corrected chi connectivity index (χ3v) is 4.71. The molecule has 1 aliphatic heterocycles. The van der Waals surface area contributed by atoms with Gasteiger partial charge in [-0.15, -0.1) is 0 Å². The first kappa shape index (κ1) is 14.5. The number of carbonyl (C=O) groups is 2. The fraction of sp³-hybridized carbons (Fsp3) is 0.273. The molecule has 0 spiro atoms. The molecular weight excluding hydrogens is 294 g/mol. The monoisotopic (exact) mass is 304 g/mol. The summed E-state index contributed by atoms with van der Waals surface area (Å²) in [6.45, 7) is 0.683. The van der Waals surface area contributed by atoms with Crippen LogP contribution in [0.25, 0.3) is 0 Å². The van der Waals surface area contributed by atoms with Crippen molar-refractivity contribution in [2.75, 3.05) is 6.54 Å². The number of nitrogens with one attached hydrogen (secondary N) is 1. The number of imide groups is 1. The summed E-state index contributed by atoms with van der Waals surface area (Å²) in [6.07, 6.45) is 0. The molecule has 1 fully saturated rings. The third kappa shape index (κ3) is 2.54. The van der Waals surface area contributed by atoms with Gasteiger partial charge in [-0.25, -0.2) is 17.2 Å². The number of benzene rings is 1. The Morgan fingerprint density at radius 3 is 2.30 bits per heavy atom. The number of carbonyl (C=O) groups excluding carboxylic acids is 2. The van der Waals surface area contributed by atoms with Crippen LogP contribution in [0.4, 0.5) is 8.78 Å². The number of nitrogens with zero attached hydrogens (tertiary/aromatic N) is 1. The molecule has 108 valence electrons. The molecule has 1 aliphatic rings. The van der Waals surface area contributed by atoms with Crippen LogP contribution < -0.4 is 5.32 Å². The van der Waals surface area contributed by atoms with Gasteiger partial charge in [0.15, 0.2) is 0 Å². The Hall–Kier alpha value is -1.87. The minimum atomic E-state index is -4.35. The quantitative estimate of drug-likeness (QED) is 0.780. The van der Waals surface area contributed by atoms with E-state index in [1.54, 1.807) is 0 Å². The van der Waals surface area contributed by atoms with Gasteiger partial charge in [-0.1, -0.05) is 0 Å². The number of halogens is 2. The van der Waals surface area contributed by atoms with Gasteiger partial charge in [0.05, 0.1) is 11.4 Å². The minimum absolute atomic E-state index is 0.524. The van der Waals surface area contributed by atoms with Crippen LogP contribution in [0.3, 0.4) is 0 Å². The lowest BCUT2D eigenvalue weighted by molar-refractivity contribution is -0.136. The van der Waals surface area contributed by atoms with E-state index in [1.807, 2.05) is 5.32 Å². The molecule has 1 saturated heterocycles. The molecule has 0 aromatic heterocycles. The maximum Gasteiger partial charge on any atom is 0.244 e. The summed E-state index contributed by atoms with van der Waals surface area (Å²) in [7, 11) is -4.35. The topological polar surface area (TPSA) is 83.6 Å². The van der Waals surface area contributed by atoms with Crippen molar-refractivity contribution in [1.29, 1.82) is 0 Å². The van der Waals surface area contributed by atoms with Gasteiger partial charge in [0.25, 0.3) is 0 Å². The first-order valence-electron chi connectivity index (χ1n) is 5.53. The molecule has 20 heavy (non-hydrogen) atoms. The molecular formula is C11H10F2N2O4S. The Morgan fingerprint density at radius 1 is 1.20 bits per heavy atom. The Kier molecular flexibility index (Phi) is 3.57. The lowest BCUT2D eigenvalue weighted by Crippen LogP contribution is -2.58. The van der Waals surface area contributed by atoms with E-state index < -0.39 is 51.0 Å². The van der Waals surface area contributed by atoms with Gasteiger partial charge in [-0.05, 0) is 19.1 Å². The fourth-order valence-corrected chi connectivity index (χ4v) is 3.39. The predicted octanol–water partition coefficient (Wildman–Crippen LogP) is 0.000400. The second-order valence-electron chi connectivity index (χ2n) is 4.24. The molecule has 0 bridgehead atoms. The zero-order chi connectivity index (χ0) is 15.1. The molecule has 1 aromatic carbocycles. The number of amides is 2. The van der Waals surface area contributed by atoms with E-state index in [0.717, 1.165) is 0 Å². The Balaban J connectivity index is 2.48. The van der Waals surface area contributed by atoms with Crippen LogP contribution in [0.15, 0.2) is 23.1 Å². The number of piperazine rings is 1. The van der Waals surface area contributed by atoms with Crippen molar-refractivity contribution in [2.24, 2.45) is 0 Å². The van der Waals surface area contributed by atoms with E-state index in [4.69, 9.17) is 0 Å². The van der Waals surface area contributed by atoms with E-state index in [2.05, 4.69) is 0 Å². The predicted molar refractivity (Wildman–Crippen MR) is 62.9 cm³/mol. The molecule has 2 amide bonds. The van der Waals surface area contributed by atoms with Crippen LogP contribution in [0, 0.1) is 11.6 Å². The van der Waals surface area contributed by atoms with E-state index in [1.165, 1.54) is 6.92 Å². The molecule has 0 aliphatic carbocycles. The molecule has 6 nitrogen and oxygen atoms in total. The van der Waals surface area contributed by atoms with Crippen molar-refractivity contribution in [1.82, 2.24) is 9.62 Å². The van der Waals surface area contributed by atoms with Gasteiger partial charge in [-0.3, -0.25) is 14.9 Å². The first-order valence-corrected chi connectivity index (χ1v) is 6.97. The smallest absolute Gasteiger partial charge is 0.244 e. The highest BCUT2D eigenvalue weighted by molar-refractivity contribution is 7.89. The normalized spacial score (nSPS) is 20.9. The molecule has 0 radical (unpaired) electrons. The number of hydrogen-bond donors (Lipinski definition) is 1. The second-order valence-corrected chi connectivity index (χ2v) is 6.13. The van der Waals surface area contributed by atoms with Gasteiger partial charge in [-0.2, -0.15) is 4.31 Å². The minimum Gasteiger partial charge on any atom is -0.294 e. The Labute approximate surface area is 113 Å². The molecule has 0 saturated carbocycles. The summed E-state index contributed by atoms with van der Waals surface area (Å²) in [5, 5.41) is 1.97. The highest BCUT2D eigenvalue weighted by Crippen LogP contribution is 2.21. The van der Waals surface area contributed by atoms with Gasteiger partial charge in [0.2, 0.25) is 21.8 Å². The molecule has 1 aromatic rings. The molecule has 1 heterocycles. The van der Waals surface area contributed by atoms with Crippen molar-refractivity contribution < 1.29 is 26.8 Å². The fourth-order valence-electron chi connectivity index (χ4n) is 1.80. The van der Waals surface area contributed by atoms with Crippen LogP contribution in [-0.2, 0) is 19.6 Å². The van der Waals surface area contributed by atoms with Crippen LogP contribution >= 0.6 is 0 Å². The zero-order valence-corrected chi connectivity index (χ0v) is 11.1. The van der Waals surface area contributed by atoms with Gasteiger partial charge >= 0.3 is 0 Å². The van der Waals surface area contributed by atoms with Gasteiger partial charge in [0, 0.05) is 6.07 Å². The number of hydrogen-bond acceptors (Lipinski definition) is 4. The summed E-state index contributed by atoms with van der Waals surface area (Å²) in [5.41, 5.74) is 0. The maximum absolute atomic E-state index is 13.1. The molecule has 9 heteroatoms. The summed E-state index contributed by atoms with van der Waals surface area (Å²) >= 11 is 0. The van der Waals surface area contributed by atoms with Gasteiger partial charge < -0.3 is 0 Å². The van der Waals surface area contributed by atoms with Crippen LogP contribution in [0.5, 0.6) is 0 Å². The lowest BCUT2D eigenvalue weighted by Gasteiger charge is -2.30. The standard InChI is InChI=1S/C11H10F2N2O4S/c1-6-11(17)14-10(16)5-15(6)20(18,19)9-3-7(12)2-8(13)4-9/h2-4,6H,5H2,1H3,(H,14,16,17). The van der Waals surface area contributed by atoms with Crippen molar-refractivity contribution in [2.45, 2.75) is 17.9 Å². The highest BCUT2D eigenvalue weighted by atomic mass is 32.2. The van der Waals surface area contributed by atoms with Crippen molar-refractivity contribution in [3.8, 4) is 0 Å². The largest absolute Gasteiger partial charge is 0.294 e. The summed E-state index contributed by atoms with van der Waals surface area (Å²) in [5.74, 6) is -3.72. The summed E-state index contributed by atoms with van der Waals surface area (Å²) in [4.78, 5) is 22.0. The van der Waals surface area contributed by atoms with Crippen molar-refractivity contribution >= 4 is 21.8 Å². The average Bonchev–Trinajstić information content (AvgIpc) is 2.32. The van der Waals surface area contributed by atoms with E-state index in [9.17, 15) is 26.8 Å². The second kappa shape index (κ2) is 4.91. The number of sulfonamides is 1. The van der Waals surface area contributed by atoms with Crippen molar-refractivity contribution in [3.63, 3.8) is 0 Å². The highest BCUT2D eigenvalue weighted by Gasteiger charge is 2.39. The first-order chi connectivity index (χ1) is 9.21. The zero-order valence-electron chi connectivity index (χ0n) is 10.3. The van der Waals surface area contributed by atoms with Crippen LogP contribution in [0.2, 0.25) is 0 Å². The SMILES string of the molecule is CC1C(=O)NC(=O)CN1S(=O)(=O)c1cc(F)cc(F)c1.